The van der Waals surface area contributed by atoms with Gasteiger partial charge >= 0.3 is 0 Å². The molecule has 0 saturated heterocycles. The van der Waals surface area contributed by atoms with E-state index in [4.69, 9.17) is 26.6 Å². The van der Waals surface area contributed by atoms with E-state index in [1.165, 1.54) is 14.2 Å². The first-order chi connectivity index (χ1) is 11.7. The first-order valence-corrected chi connectivity index (χ1v) is 7.79. The number of ether oxygens (including phenoxy) is 1. The lowest BCUT2D eigenvalue weighted by Gasteiger charge is -2.14. The number of hydrogen-bond acceptors (Lipinski definition) is 5. The maximum atomic E-state index is 5.94. The Balaban J connectivity index is 2.27. The molecule has 6 heteroatoms. The Labute approximate surface area is 147 Å². The number of para-hydroxylation sites is 1. The minimum absolute atomic E-state index is 0.336. The third-order valence-corrected chi connectivity index (χ3v) is 3.62. The first-order valence-electron chi connectivity index (χ1n) is 7.38. The van der Waals surface area contributed by atoms with Crippen LogP contribution < -0.4 is 10.2 Å². The molecule has 0 aromatic heterocycles. The summed E-state index contributed by atoms with van der Waals surface area (Å²) in [5, 5.41) is 4.02. The van der Waals surface area contributed by atoms with Crippen molar-refractivity contribution in [3.63, 3.8) is 0 Å². The number of nitrogens with zero attached hydrogens (tertiary/aromatic N) is 1. The van der Waals surface area contributed by atoms with Crippen LogP contribution in [0.1, 0.15) is 16.7 Å². The summed E-state index contributed by atoms with van der Waals surface area (Å²) in [6.07, 6.45) is 0. The molecule has 1 N–H and O–H groups in total. The Hall–Kier alpha value is -2.44. The molecule has 0 fully saturated rings. The van der Waals surface area contributed by atoms with Crippen LogP contribution in [0.2, 0.25) is 0 Å². The van der Waals surface area contributed by atoms with Gasteiger partial charge in [-0.25, -0.2) is 0 Å². The lowest BCUT2D eigenvalue weighted by molar-refractivity contribution is 0.147. The molecule has 0 aliphatic carbocycles. The fourth-order valence-corrected chi connectivity index (χ4v) is 2.43. The van der Waals surface area contributed by atoms with Crippen molar-refractivity contribution in [3.8, 4) is 5.75 Å². The summed E-state index contributed by atoms with van der Waals surface area (Å²) in [6.45, 7) is 2.40. The van der Waals surface area contributed by atoms with Crippen LogP contribution in [-0.4, -0.2) is 24.9 Å². The van der Waals surface area contributed by atoms with Crippen LogP contribution in [0.5, 0.6) is 5.75 Å². The fraction of sp³-hybridized carbons (Fsp3) is 0.222. The zero-order valence-corrected chi connectivity index (χ0v) is 14.7. The Morgan fingerprint density at radius 1 is 1.08 bits per heavy atom. The van der Waals surface area contributed by atoms with E-state index in [9.17, 15) is 0 Å². The molecular weight excluding hydrogens is 324 g/mol. The summed E-state index contributed by atoms with van der Waals surface area (Å²) in [4.78, 5) is 10.1. The molecule has 0 spiro atoms. The lowest BCUT2D eigenvalue weighted by atomic mass is 10.0. The van der Waals surface area contributed by atoms with Crippen molar-refractivity contribution < 1.29 is 14.4 Å². The molecule has 2 rings (SSSR count). The number of benzene rings is 2. The van der Waals surface area contributed by atoms with Crippen molar-refractivity contribution in [2.75, 3.05) is 14.2 Å². The first kappa shape index (κ1) is 17.9. The predicted octanol–water partition coefficient (Wildman–Crippen LogP) is 3.40. The Morgan fingerprint density at radius 3 is 2.50 bits per heavy atom. The van der Waals surface area contributed by atoms with E-state index < -0.39 is 0 Å². The third-order valence-electron chi connectivity index (χ3n) is 3.34. The van der Waals surface area contributed by atoms with Crippen LogP contribution >= 0.6 is 12.2 Å². The van der Waals surface area contributed by atoms with E-state index in [2.05, 4.69) is 10.6 Å². The second-order valence-corrected chi connectivity index (χ2v) is 5.38. The van der Waals surface area contributed by atoms with Gasteiger partial charge in [-0.1, -0.05) is 59.8 Å². The normalized spacial score (nSPS) is 11.0. The molecule has 0 aliphatic heterocycles. The quantitative estimate of drug-likeness (QED) is 0.474. The summed E-state index contributed by atoms with van der Waals surface area (Å²) < 4.78 is 5.94. The molecule has 0 unspecified atom stereocenters. The van der Waals surface area contributed by atoms with Gasteiger partial charge in [0, 0.05) is 5.56 Å². The van der Waals surface area contributed by atoms with Gasteiger partial charge in [-0.3, -0.25) is 10.3 Å². The van der Waals surface area contributed by atoms with Crippen molar-refractivity contribution in [2.24, 2.45) is 5.16 Å². The van der Waals surface area contributed by atoms with Crippen LogP contribution in [0.3, 0.4) is 0 Å². The summed E-state index contributed by atoms with van der Waals surface area (Å²) in [5.41, 5.74) is 5.95. The highest BCUT2D eigenvalue weighted by Gasteiger charge is 2.15. The van der Waals surface area contributed by atoms with Crippen LogP contribution in [0, 0.1) is 6.92 Å². The van der Waals surface area contributed by atoms with Gasteiger partial charge in [0.2, 0.25) is 0 Å². The van der Waals surface area contributed by atoms with Crippen molar-refractivity contribution in [3.05, 3.63) is 65.2 Å². The standard InChI is InChI=1S/C18H20N2O3S/c1-13-8-4-7-11-16(13)23-12-14-9-5-6-10-15(14)17(19-21-2)18(24)20-22-3/h4-11H,12H2,1-3H3,(H,20,24). The number of nitrogens with one attached hydrogen (secondary N) is 1. The van der Waals surface area contributed by atoms with Gasteiger partial charge in [-0.05, 0) is 24.1 Å². The minimum Gasteiger partial charge on any atom is -0.489 e. The molecule has 0 bridgehead atoms. The maximum absolute atomic E-state index is 5.94. The summed E-state index contributed by atoms with van der Waals surface area (Å²) in [7, 11) is 2.96. The highest BCUT2D eigenvalue weighted by atomic mass is 32.1. The van der Waals surface area contributed by atoms with Crippen molar-refractivity contribution in [1.82, 2.24) is 5.48 Å². The van der Waals surface area contributed by atoms with Gasteiger partial charge in [0.1, 0.15) is 25.2 Å². The van der Waals surface area contributed by atoms with Crippen molar-refractivity contribution in [2.45, 2.75) is 13.5 Å². The maximum Gasteiger partial charge on any atom is 0.153 e. The molecule has 0 saturated carbocycles. The molecule has 5 nitrogen and oxygen atoms in total. The molecular formula is C18H20N2O3S. The predicted molar refractivity (Wildman–Crippen MR) is 98.2 cm³/mol. The molecule has 126 valence electrons. The molecule has 2 aromatic carbocycles. The van der Waals surface area contributed by atoms with Gasteiger partial charge in [-0.15, -0.1) is 0 Å². The average molecular weight is 344 g/mol. The SMILES string of the molecule is CON=C(C(=S)NOC)c1ccccc1COc1ccccc1C. The number of aryl methyl sites for hydroxylation is 1. The molecule has 0 atom stereocenters. The van der Waals surface area contributed by atoms with Crippen LogP contribution in [-0.2, 0) is 16.3 Å². The van der Waals surface area contributed by atoms with E-state index in [1.54, 1.807) is 0 Å². The highest BCUT2D eigenvalue weighted by molar-refractivity contribution is 7.82. The van der Waals surface area contributed by atoms with E-state index in [0.717, 1.165) is 22.4 Å². The second kappa shape index (κ2) is 9.00. The van der Waals surface area contributed by atoms with Crippen LogP contribution in [0.4, 0.5) is 0 Å². The second-order valence-electron chi connectivity index (χ2n) is 4.97. The van der Waals surface area contributed by atoms with Crippen molar-refractivity contribution >= 4 is 22.9 Å². The van der Waals surface area contributed by atoms with Gasteiger partial charge in [-0.2, -0.15) is 0 Å². The number of thiocarbonyl (C=S) groups is 1. The lowest BCUT2D eigenvalue weighted by Crippen LogP contribution is -2.30. The number of hydroxylamine groups is 1. The largest absolute Gasteiger partial charge is 0.489 e. The van der Waals surface area contributed by atoms with Gasteiger partial charge in [0.05, 0.1) is 7.11 Å². The summed E-state index contributed by atoms with van der Waals surface area (Å²) >= 11 is 5.29. The Bertz CT molecular complexity index is 732. The topological polar surface area (TPSA) is 52.1 Å². The molecule has 0 amide bonds. The van der Waals surface area contributed by atoms with E-state index in [1.807, 2.05) is 55.5 Å². The number of oxime groups is 1. The summed E-state index contributed by atoms with van der Waals surface area (Å²) in [6, 6.07) is 15.6. The van der Waals surface area contributed by atoms with Gasteiger partial charge in [0.15, 0.2) is 4.99 Å². The minimum atomic E-state index is 0.336. The zero-order valence-electron chi connectivity index (χ0n) is 13.9. The molecule has 0 heterocycles. The number of rotatable bonds is 7. The van der Waals surface area contributed by atoms with Crippen LogP contribution in [0.25, 0.3) is 0 Å². The number of hydrogen-bond donors (Lipinski definition) is 1. The molecule has 0 aliphatic rings. The van der Waals surface area contributed by atoms with Crippen LogP contribution in [0.15, 0.2) is 53.7 Å². The van der Waals surface area contributed by atoms with Crippen molar-refractivity contribution in [1.29, 1.82) is 0 Å². The third kappa shape index (κ3) is 4.53. The Morgan fingerprint density at radius 2 is 1.79 bits per heavy atom. The summed E-state index contributed by atoms with van der Waals surface area (Å²) in [5.74, 6) is 0.843. The highest BCUT2D eigenvalue weighted by Crippen LogP contribution is 2.19. The molecule has 2 aromatic rings. The fourth-order valence-electron chi connectivity index (χ4n) is 2.20. The Kier molecular flexibility index (Phi) is 6.72. The van der Waals surface area contributed by atoms with E-state index in [-0.39, 0.29) is 0 Å². The van der Waals surface area contributed by atoms with Gasteiger partial charge in [0.25, 0.3) is 0 Å². The monoisotopic (exact) mass is 344 g/mol. The molecule has 24 heavy (non-hydrogen) atoms. The van der Waals surface area contributed by atoms with E-state index >= 15 is 0 Å². The zero-order chi connectivity index (χ0) is 17.4. The smallest absolute Gasteiger partial charge is 0.153 e. The van der Waals surface area contributed by atoms with E-state index in [0.29, 0.717) is 17.3 Å². The molecule has 0 radical (unpaired) electrons. The van der Waals surface area contributed by atoms with Gasteiger partial charge < -0.3 is 9.57 Å². The average Bonchev–Trinajstić information content (AvgIpc) is 2.59.